The molecule has 7 nitrogen and oxygen atoms in total. The van der Waals surface area contributed by atoms with Crippen molar-refractivity contribution in [1.82, 2.24) is 10.3 Å². The lowest BCUT2D eigenvalue weighted by atomic mass is 9.81. The summed E-state index contributed by atoms with van der Waals surface area (Å²) in [5, 5.41) is 22.9. The summed E-state index contributed by atoms with van der Waals surface area (Å²) in [7, 11) is 0. The zero-order valence-corrected chi connectivity index (χ0v) is 18.3. The Hall–Kier alpha value is -2.76. The Kier molecular flexibility index (Phi) is 6.20. The Bertz CT molecular complexity index is 1050. The van der Waals surface area contributed by atoms with Crippen molar-refractivity contribution < 1.29 is 37.3 Å². The number of benzene rings is 1. The molecule has 2 aromatic rings. The second kappa shape index (κ2) is 8.23. The number of nitrogens with two attached hydrogens (primary N) is 1. The molecule has 0 saturated heterocycles. The first-order valence-electron chi connectivity index (χ1n) is 10.1. The molecule has 3 rings (SSSR count). The van der Waals surface area contributed by atoms with Crippen molar-refractivity contribution >= 4 is 5.91 Å². The van der Waals surface area contributed by atoms with Gasteiger partial charge in [0.25, 0.3) is 0 Å². The van der Waals surface area contributed by atoms with E-state index in [1.807, 2.05) is 0 Å². The average Bonchev–Trinajstić information content (AvgIpc) is 3.08. The molecule has 1 aromatic heterocycles. The average molecular weight is 471 g/mol. The number of amides is 1. The van der Waals surface area contributed by atoms with Gasteiger partial charge in [0.05, 0.1) is 11.3 Å². The van der Waals surface area contributed by atoms with Crippen LogP contribution in [0.3, 0.4) is 0 Å². The Balaban J connectivity index is 2.22. The van der Waals surface area contributed by atoms with Crippen molar-refractivity contribution in [3.63, 3.8) is 0 Å². The molecule has 0 fully saturated rings. The summed E-state index contributed by atoms with van der Waals surface area (Å²) in [6.45, 7) is 2.86. The lowest BCUT2D eigenvalue weighted by Gasteiger charge is -2.30. The van der Waals surface area contributed by atoms with Gasteiger partial charge in [-0.05, 0) is 51.1 Å². The van der Waals surface area contributed by atoms with Crippen LogP contribution in [0.1, 0.15) is 32.0 Å². The quantitative estimate of drug-likeness (QED) is 0.480. The number of nitrogens with zero attached hydrogens (tertiary/aromatic N) is 1. The van der Waals surface area contributed by atoms with E-state index in [4.69, 9.17) is 10.5 Å². The van der Waals surface area contributed by atoms with Gasteiger partial charge in [0.1, 0.15) is 29.3 Å². The molecule has 1 aliphatic heterocycles. The number of aliphatic hydroxyl groups is 2. The van der Waals surface area contributed by atoms with Crippen molar-refractivity contribution in [3.8, 4) is 17.0 Å². The predicted octanol–water partition coefficient (Wildman–Crippen LogP) is 2.13. The summed E-state index contributed by atoms with van der Waals surface area (Å²) in [4.78, 5) is 17.0. The van der Waals surface area contributed by atoms with E-state index in [1.165, 1.54) is 32.9 Å². The smallest absolute Gasteiger partial charge is 0.424 e. The first kappa shape index (κ1) is 24.9. The van der Waals surface area contributed by atoms with Gasteiger partial charge in [0.2, 0.25) is 11.5 Å². The van der Waals surface area contributed by atoms with E-state index < -0.39 is 46.8 Å². The molecule has 180 valence electrons. The van der Waals surface area contributed by atoms with E-state index in [-0.39, 0.29) is 35.7 Å². The summed E-state index contributed by atoms with van der Waals surface area (Å²) >= 11 is 0. The Morgan fingerprint density at radius 3 is 2.36 bits per heavy atom. The molecule has 0 bridgehead atoms. The first-order chi connectivity index (χ1) is 15.1. The third-order valence-corrected chi connectivity index (χ3v) is 5.56. The summed E-state index contributed by atoms with van der Waals surface area (Å²) in [6.07, 6.45) is -5.16. The van der Waals surface area contributed by atoms with E-state index in [0.29, 0.717) is 0 Å². The molecule has 2 heterocycles. The number of halogens is 4. The highest BCUT2D eigenvalue weighted by Gasteiger charge is 2.56. The standard InChI is InChI=1S/C22H25F4N3O4/c1-19(2,31)10-28-18(30)20(3)11-33-17-14(20)8-15(21(32,9-27)22(24,25)26)29-16(17)12-4-6-13(23)7-5-12/h4-8,31-32H,9-11,27H2,1-3H3,(H,28,30)/t20-,21-/m0/s1. The number of fused-ring (bicyclic) bond motifs is 1. The van der Waals surface area contributed by atoms with Gasteiger partial charge in [-0.15, -0.1) is 0 Å². The van der Waals surface area contributed by atoms with Gasteiger partial charge < -0.3 is 26.0 Å². The molecule has 1 amide bonds. The fourth-order valence-electron chi connectivity index (χ4n) is 3.44. The summed E-state index contributed by atoms with van der Waals surface area (Å²) in [5.41, 5.74) is -1.53. The number of alkyl halides is 3. The number of ether oxygens (including phenoxy) is 1. The van der Waals surface area contributed by atoms with Crippen LogP contribution in [0.2, 0.25) is 0 Å². The fraction of sp³-hybridized carbons (Fsp3) is 0.455. The van der Waals surface area contributed by atoms with Crippen molar-refractivity contribution in [1.29, 1.82) is 0 Å². The molecule has 5 N–H and O–H groups in total. The normalized spacial score (nSPS) is 20.1. The topological polar surface area (TPSA) is 118 Å². The van der Waals surface area contributed by atoms with Gasteiger partial charge in [0.15, 0.2) is 0 Å². The van der Waals surface area contributed by atoms with Crippen LogP contribution in [0, 0.1) is 5.82 Å². The Morgan fingerprint density at radius 1 is 1.24 bits per heavy atom. The van der Waals surface area contributed by atoms with Crippen LogP contribution in [0.25, 0.3) is 11.3 Å². The van der Waals surface area contributed by atoms with Crippen LogP contribution in [0.15, 0.2) is 30.3 Å². The van der Waals surface area contributed by atoms with E-state index in [1.54, 1.807) is 0 Å². The third-order valence-electron chi connectivity index (χ3n) is 5.56. The zero-order valence-electron chi connectivity index (χ0n) is 18.3. The minimum atomic E-state index is -5.16. The maximum absolute atomic E-state index is 13.8. The van der Waals surface area contributed by atoms with Crippen molar-refractivity contribution in [3.05, 3.63) is 47.4 Å². The number of pyridine rings is 1. The second-order valence-electron chi connectivity index (χ2n) is 8.92. The van der Waals surface area contributed by atoms with Gasteiger partial charge in [0, 0.05) is 24.2 Å². The predicted molar refractivity (Wildman–Crippen MR) is 111 cm³/mol. The van der Waals surface area contributed by atoms with Crippen LogP contribution in [0.5, 0.6) is 5.75 Å². The number of carbonyl (C=O) groups excluding carboxylic acids is 1. The summed E-state index contributed by atoms with van der Waals surface area (Å²) < 4.78 is 60.5. The molecule has 0 unspecified atom stereocenters. The Morgan fingerprint density at radius 2 is 1.85 bits per heavy atom. The number of aromatic nitrogens is 1. The maximum Gasteiger partial charge on any atom is 0.424 e. The fourth-order valence-corrected chi connectivity index (χ4v) is 3.44. The van der Waals surface area contributed by atoms with Crippen molar-refractivity contribution in [2.75, 3.05) is 19.7 Å². The van der Waals surface area contributed by atoms with Gasteiger partial charge in [-0.25, -0.2) is 9.37 Å². The molecular formula is C22H25F4N3O4. The molecule has 2 atom stereocenters. The highest BCUT2D eigenvalue weighted by Crippen LogP contribution is 2.47. The van der Waals surface area contributed by atoms with Crippen LogP contribution in [-0.4, -0.2) is 52.6 Å². The van der Waals surface area contributed by atoms with Crippen LogP contribution >= 0.6 is 0 Å². The van der Waals surface area contributed by atoms with Crippen LogP contribution in [-0.2, 0) is 15.8 Å². The summed E-state index contributed by atoms with van der Waals surface area (Å²) in [6, 6.07) is 5.74. The number of carbonyl (C=O) groups is 1. The van der Waals surface area contributed by atoms with Gasteiger partial charge >= 0.3 is 6.18 Å². The van der Waals surface area contributed by atoms with E-state index >= 15 is 0 Å². The van der Waals surface area contributed by atoms with E-state index in [9.17, 15) is 32.6 Å². The van der Waals surface area contributed by atoms with Crippen molar-refractivity contribution in [2.45, 2.75) is 43.6 Å². The highest BCUT2D eigenvalue weighted by molar-refractivity contribution is 5.91. The SMILES string of the molecule is CC(C)(O)CNC(=O)[C@@]1(C)COc2c1cc([C@@](O)(CN)C(F)(F)F)nc2-c1ccc(F)cc1. The van der Waals surface area contributed by atoms with Crippen LogP contribution in [0.4, 0.5) is 17.6 Å². The molecule has 0 spiro atoms. The van der Waals surface area contributed by atoms with E-state index in [0.717, 1.165) is 18.2 Å². The second-order valence-corrected chi connectivity index (χ2v) is 8.92. The number of hydrogen-bond donors (Lipinski definition) is 4. The molecule has 1 aromatic carbocycles. The largest absolute Gasteiger partial charge is 0.489 e. The first-order valence-corrected chi connectivity index (χ1v) is 10.1. The lowest BCUT2D eigenvalue weighted by Crippen LogP contribution is -2.50. The number of nitrogens with one attached hydrogen (secondary N) is 1. The van der Waals surface area contributed by atoms with Crippen LogP contribution < -0.4 is 15.8 Å². The molecular weight excluding hydrogens is 446 g/mol. The third kappa shape index (κ3) is 4.53. The van der Waals surface area contributed by atoms with Crippen molar-refractivity contribution in [2.24, 2.45) is 5.73 Å². The molecule has 11 heteroatoms. The summed E-state index contributed by atoms with van der Waals surface area (Å²) in [5.74, 6) is -1.14. The van der Waals surface area contributed by atoms with Gasteiger partial charge in [-0.1, -0.05) is 0 Å². The minimum absolute atomic E-state index is 0.0350. The van der Waals surface area contributed by atoms with Gasteiger partial charge in [-0.3, -0.25) is 4.79 Å². The minimum Gasteiger partial charge on any atom is -0.489 e. The molecule has 33 heavy (non-hydrogen) atoms. The molecule has 0 aliphatic carbocycles. The molecule has 1 aliphatic rings. The van der Waals surface area contributed by atoms with Gasteiger partial charge in [-0.2, -0.15) is 13.2 Å². The highest BCUT2D eigenvalue weighted by atomic mass is 19.4. The number of rotatable bonds is 6. The zero-order chi connectivity index (χ0) is 24.8. The maximum atomic E-state index is 13.8. The lowest BCUT2D eigenvalue weighted by molar-refractivity contribution is -0.263. The number of hydrogen-bond acceptors (Lipinski definition) is 6. The molecule has 0 radical (unpaired) electrons. The monoisotopic (exact) mass is 471 g/mol. The molecule has 0 saturated carbocycles. The van der Waals surface area contributed by atoms with E-state index in [2.05, 4.69) is 10.3 Å². The Labute approximate surface area is 187 Å².